The Kier molecular flexibility index (Phi) is 5.01. The molecule has 6 heteroatoms. The molecule has 1 amide bonds. The number of alkyl carbamates (subject to hydrolysis) is 1. The van der Waals surface area contributed by atoms with Gasteiger partial charge in [0.2, 0.25) is 0 Å². The first-order valence-corrected chi connectivity index (χ1v) is 9.46. The summed E-state index contributed by atoms with van der Waals surface area (Å²) in [6.45, 7) is 0. The first-order valence-electron chi connectivity index (χ1n) is 9.46. The lowest BCUT2D eigenvalue weighted by Gasteiger charge is -2.26. The Hall–Kier alpha value is -2.91. The Morgan fingerprint density at radius 1 is 1.18 bits per heavy atom. The Bertz CT molecular complexity index is 944. The maximum absolute atomic E-state index is 13.6. The molecule has 28 heavy (non-hydrogen) atoms. The summed E-state index contributed by atoms with van der Waals surface area (Å²) in [5.74, 6) is 5.62. The van der Waals surface area contributed by atoms with Crippen molar-refractivity contribution in [3.63, 3.8) is 0 Å². The normalized spacial score (nSPS) is 23.3. The number of rotatable bonds is 2. The van der Waals surface area contributed by atoms with Crippen LogP contribution in [0, 0.1) is 17.7 Å². The molecule has 2 fully saturated rings. The van der Waals surface area contributed by atoms with Gasteiger partial charge in [0.25, 0.3) is 0 Å². The minimum atomic E-state index is -0.941. The fourth-order valence-electron chi connectivity index (χ4n) is 3.77. The summed E-state index contributed by atoms with van der Waals surface area (Å²) < 4.78 is 19.0. The Morgan fingerprint density at radius 2 is 2.00 bits per heavy atom. The lowest BCUT2D eigenvalue weighted by atomic mass is 9.85. The molecule has 0 bridgehead atoms. The quantitative estimate of drug-likeness (QED) is 0.778. The number of halogens is 1. The van der Waals surface area contributed by atoms with Gasteiger partial charge >= 0.3 is 6.09 Å². The number of ether oxygens (including phenoxy) is 1. The number of carbonyl (C=O) groups is 1. The highest BCUT2D eigenvalue weighted by atomic mass is 19.1. The van der Waals surface area contributed by atoms with Crippen molar-refractivity contribution in [2.75, 3.05) is 0 Å². The average molecular weight is 380 g/mol. The highest BCUT2D eigenvalue weighted by Crippen LogP contribution is 2.36. The molecular formula is C22H21FN2O3. The molecule has 2 N–H and O–H groups in total. The third kappa shape index (κ3) is 4.00. The van der Waals surface area contributed by atoms with Gasteiger partial charge < -0.3 is 15.2 Å². The number of aliphatic hydroxyl groups is 1. The topological polar surface area (TPSA) is 71.5 Å². The van der Waals surface area contributed by atoms with Crippen molar-refractivity contribution in [2.45, 2.75) is 49.9 Å². The predicted molar refractivity (Wildman–Crippen MR) is 101 cm³/mol. The van der Waals surface area contributed by atoms with Crippen LogP contribution in [0.5, 0.6) is 0 Å². The second-order valence-corrected chi connectivity index (χ2v) is 7.35. The fourth-order valence-corrected chi connectivity index (χ4v) is 3.77. The molecule has 4 rings (SSSR count). The van der Waals surface area contributed by atoms with Crippen molar-refractivity contribution >= 4 is 6.09 Å². The standard InChI is InChI=1S/C22H21FN2O3/c23-18-6-4-5-16(12-18)20-19(25-21(26)28-20)17-11-15(13-24-14-17)7-10-22(27)8-2-1-3-9-22/h4-6,11-14,19-20,27H,1-3,8-9H2,(H,25,26). The SMILES string of the molecule is O=C1NC(c2cncc(C#CC3(O)CCCCC3)c2)C(c2cccc(F)c2)O1. The van der Waals surface area contributed by atoms with E-state index in [1.165, 1.54) is 12.1 Å². The highest BCUT2D eigenvalue weighted by molar-refractivity contribution is 5.71. The summed E-state index contributed by atoms with van der Waals surface area (Å²) in [6, 6.07) is 7.32. The molecule has 0 spiro atoms. The van der Waals surface area contributed by atoms with Crippen molar-refractivity contribution in [2.24, 2.45) is 0 Å². The van der Waals surface area contributed by atoms with Gasteiger partial charge in [-0.1, -0.05) is 30.4 Å². The van der Waals surface area contributed by atoms with E-state index in [0.29, 0.717) is 29.5 Å². The molecule has 1 aromatic heterocycles. The molecule has 5 nitrogen and oxygen atoms in total. The van der Waals surface area contributed by atoms with E-state index < -0.39 is 29.7 Å². The first kappa shape index (κ1) is 18.5. The second-order valence-electron chi connectivity index (χ2n) is 7.35. The van der Waals surface area contributed by atoms with Gasteiger partial charge in [-0.3, -0.25) is 4.98 Å². The third-order valence-electron chi connectivity index (χ3n) is 5.23. The highest BCUT2D eigenvalue weighted by Gasteiger charge is 2.37. The van der Waals surface area contributed by atoms with E-state index in [2.05, 4.69) is 22.1 Å². The zero-order chi connectivity index (χ0) is 19.6. The summed E-state index contributed by atoms with van der Waals surface area (Å²) in [7, 11) is 0. The number of hydrogen-bond donors (Lipinski definition) is 2. The summed E-state index contributed by atoms with van der Waals surface area (Å²) in [4.78, 5) is 16.1. The van der Waals surface area contributed by atoms with Gasteiger partial charge in [-0.05, 0) is 55.0 Å². The van der Waals surface area contributed by atoms with Crippen LogP contribution in [0.3, 0.4) is 0 Å². The molecule has 2 aromatic rings. The summed E-state index contributed by atoms with van der Waals surface area (Å²) in [5.41, 5.74) is 0.984. The lowest BCUT2D eigenvalue weighted by Crippen LogP contribution is -2.29. The second kappa shape index (κ2) is 7.61. The molecule has 2 unspecified atom stereocenters. The van der Waals surface area contributed by atoms with Gasteiger partial charge in [-0.25, -0.2) is 9.18 Å². The Morgan fingerprint density at radius 3 is 2.79 bits per heavy atom. The number of carbonyl (C=O) groups excluding carboxylic acids is 1. The van der Waals surface area contributed by atoms with Gasteiger partial charge in [-0.15, -0.1) is 0 Å². The van der Waals surface area contributed by atoms with E-state index in [1.54, 1.807) is 24.5 Å². The number of pyridine rings is 1. The van der Waals surface area contributed by atoms with E-state index in [9.17, 15) is 14.3 Å². The van der Waals surface area contributed by atoms with Gasteiger partial charge in [0.05, 0.1) is 0 Å². The van der Waals surface area contributed by atoms with Gasteiger partial charge in [0, 0.05) is 18.0 Å². The fraction of sp³-hybridized carbons (Fsp3) is 0.364. The van der Waals surface area contributed by atoms with E-state index in [-0.39, 0.29) is 0 Å². The number of nitrogens with zero attached hydrogens (tertiary/aromatic N) is 1. The van der Waals surface area contributed by atoms with Crippen molar-refractivity contribution in [1.29, 1.82) is 0 Å². The Labute approximate surface area is 162 Å². The number of cyclic esters (lactones) is 1. The number of amides is 1. The summed E-state index contributed by atoms with van der Waals surface area (Å²) >= 11 is 0. The smallest absolute Gasteiger partial charge is 0.408 e. The number of aromatic nitrogens is 1. The maximum Gasteiger partial charge on any atom is 0.408 e. The molecule has 1 saturated heterocycles. The lowest BCUT2D eigenvalue weighted by molar-refractivity contribution is 0.0610. The zero-order valence-electron chi connectivity index (χ0n) is 15.3. The van der Waals surface area contributed by atoms with Crippen molar-refractivity contribution < 1.29 is 19.0 Å². The summed E-state index contributed by atoms with van der Waals surface area (Å²) in [6.07, 6.45) is 6.48. The third-order valence-corrected chi connectivity index (χ3v) is 5.23. The van der Waals surface area contributed by atoms with Gasteiger partial charge in [-0.2, -0.15) is 0 Å². The van der Waals surface area contributed by atoms with Crippen molar-refractivity contribution in [1.82, 2.24) is 10.3 Å². The van der Waals surface area contributed by atoms with Gasteiger partial charge in [0.15, 0.2) is 6.10 Å². The largest absolute Gasteiger partial charge is 0.439 e. The molecule has 2 heterocycles. The predicted octanol–water partition coefficient (Wildman–Crippen LogP) is 3.79. The average Bonchev–Trinajstić information content (AvgIpc) is 3.09. The number of benzene rings is 1. The molecule has 1 saturated carbocycles. The van der Waals surface area contributed by atoms with E-state index in [1.807, 2.05) is 6.07 Å². The molecule has 1 aliphatic carbocycles. The Balaban J connectivity index is 1.60. The zero-order valence-corrected chi connectivity index (χ0v) is 15.3. The molecule has 2 aliphatic rings. The monoisotopic (exact) mass is 380 g/mol. The van der Waals surface area contributed by atoms with Crippen LogP contribution in [-0.4, -0.2) is 21.8 Å². The summed E-state index contributed by atoms with van der Waals surface area (Å²) in [5, 5.41) is 13.3. The first-order chi connectivity index (χ1) is 13.5. The maximum atomic E-state index is 13.6. The van der Waals surface area contributed by atoms with Crippen molar-refractivity contribution in [3.05, 3.63) is 65.2 Å². The molecule has 1 aliphatic heterocycles. The van der Waals surface area contributed by atoms with E-state index in [0.717, 1.165) is 19.3 Å². The van der Waals surface area contributed by atoms with Crippen LogP contribution < -0.4 is 5.32 Å². The molecular weight excluding hydrogens is 359 g/mol. The number of hydrogen-bond acceptors (Lipinski definition) is 4. The molecule has 0 radical (unpaired) electrons. The van der Waals surface area contributed by atoms with Crippen molar-refractivity contribution in [3.8, 4) is 11.8 Å². The molecule has 2 atom stereocenters. The van der Waals surface area contributed by atoms with Crippen LogP contribution in [0.25, 0.3) is 0 Å². The molecule has 144 valence electrons. The van der Waals surface area contributed by atoms with Crippen LogP contribution in [0.15, 0.2) is 42.7 Å². The minimum absolute atomic E-state index is 0.391. The van der Waals surface area contributed by atoms with Crippen LogP contribution in [-0.2, 0) is 4.74 Å². The molecule has 1 aromatic carbocycles. The van der Waals surface area contributed by atoms with Gasteiger partial charge in [0.1, 0.15) is 17.5 Å². The van der Waals surface area contributed by atoms with E-state index in [4.69, 9.17) is 4.74 Å². The van der Waals surface area contributed by atoms with Crippen LogP contribution in [0.4, 0.5) is 9.18 Å². The van der Waals surface area contributed by atoms with Crippen LogP contribution in [0.1, 0.15) is 60.9 Å². The van der Waals surface area contributed by atoms with Crippen LogP contribution >= 0.6 is 0 Å². The van der Waals surface area contributed by atoms with E-state index >= 15 is 0 Å². The number of nitrogens with one attached hydrogen (secondary N) is 1. The van der Waals surface area contributed by atoms with Crippen LogP contribution in [0.2, 0.25) is 0 Å². The minimum Gasteiger partial charge on any atom is -0.439 e.